The van der Waals surface area contributed by atoms with E-state index >= 15 is 0 Å². The zero-order valence-corrected chi connectivity index (χ0v) is 18.1. The molecule has 1 saturated heterocycles. The van der Waals surface area contributed by atoms with Crippen LogP contribution in [-0.2, 0) is 14.8 Å². The van der Waals surface area contributed by atoms with Crippen LogP contribution in [0.1, 0.15) is 37.0 Å². The van der Waals surface area contributed by atoms with Crippen LogP contribution in [0.15, 0.2) is 46.0 Å². The third kappa shape index (κ3) is 5.04. The lowest BCUT2D eigenvalue weighted by Gasteiger charge is -2.31. The van der Waals surface area contributed by atoms with Crippen LogP contribution < -0.4 is 10.6 Å². The number of nitrogens with one attached hydrogen (secondary N) is 2. The van der Waals surface area contributed by atoms with Crippen LogP contribution in [-0.4, -0.2) is 43.7 Å². The molecule has 2 amide bonds. The van der Waals surface area contributed by atoms with E-state index < -0.39 is 15.9 Å². The Morgan fingerprint density at radius 2 is 1.93 bits per heavy atom. The summed E-state index contributed by atoms with van der Waals surface area (Å²) in [5.74, 6) is -1.01. The highest BCUT2D eigenvalue weighted by Gasteiger charge is 2.34. The van der Waals surface area contributed by atoms with Crippen molar-refractivity contribution in [2.24, 2.45) is 5.92 Å². The fourth-order valence-corrected chi connectivity index (χ4v) is 5.95. The van der Waals surface area contributed by atoms with Crippen LogP contribution in [0.3, 0.4) is 0 Å². The van der Waals surface area contributed by atoms with E-state index in [0.29, 0.717) is 30.6 Å². The maximum absolute atomic E-state index is 12.9. The van der Waals surface area contributed by atoms with Crippen LogP contribution in [0.4, 0.5) is 5.69 Å². The summed E-state index contributed by atoms with van der Waals surface area (Å²) in [7, 11) is -3.59. The number of nitrogens with zero attached hydrogens (tertiary/aromatic N) is 1. The molecule has 0 bridgehead atoms. The van der Waals surface area contributed by atoms with Gasteiger partial charge in [0, 0.05) is 19.1 Å². The van der Waals surface area contributed by atoms with Gasteiger partial charge in [0.05, 0.1) is 17.2 Å². The van der Waals surface area contributed by atoms with Crippen molar-refractivity contribution in [2.45, 2.75) is 36.9 Å². The molecule has 1 aliphatic heterocycles. The predicted octanol–water partition coefficient (Wildman–Crippen LogP) is 2.93. The van der Waals surface area contributed by atoms with Crippen molar-refractivity contribution in [3.05, 3.63) is 47.3 Å². The molecule has 0 saturated carbocycles. The van der Waals surface area contributed by atoms with Gasteiger partial charge in [-0.15, -0.1) is 11.3 Å². The van der Waals surface area contributed by atoms with E-state index in [1.165, 1.54) is 15.6 Å². The Kier molecular flexibility index (Phi) is 6.71. The Labute approximate surface area is 175 Å². The molecule has 0 radical (unpaired) electrons. The number of sulfonamides is 1. The van der Waals surface area contributed by atoms with Crippen LogP contribution in [0, 0.1) is 5.92 Å². The zero-order chi connectivity index (χ0) is 21.0. The van der Waals surface area contributed by atoms with Crippen LogP contribution in [0.2, 0.25) is 0 Å². The second-order valence-electron chi connectivity index (χ2n) is 7.30. The number of hydrogen-bond donors (Lipinski definition) is 2. The molecule has 29 heavy (non-hydrogen) atoms. The minimum absolute atomic E-state index is 0.0272. The number of hydrogen-bond acceptors (Lipinski definition) is 5. The van der Waals surface area contributed by atoms with E-state index in [2.05, 4.69) is 10.6 Å². The average Bonchev–Trinajstić information content (AvgIpc) is 3.23. The predicted molar refractivity (Wildman–Crippen MR) is 113 cm³/mol. The first-order valence-corrected chi connectivity index (χ1v) is 11.9. The summed E-state index contributed by atoms with van der Waals surface area (Å²) in [6.07, 6.45) is 1.21. The molecule has 9 heteroatoms. The van der Waals surface area contributed by atoms with E-state index in [9.17, 15) is 18.0 Å². The first-order valence-electron chi connectivity index (χ1n) is 9.53. The van der Waals surface area contributed by atoms with Crippen molar-refractivity contribution in [1.82, 2.24) is 9.62 Å². The molecule has 0 aliphatic carbocycles. The number of rotatable bonds is 6. The van der Waals surface area contributed by atoms with Crippen molar-refractivity contribution < 1.29 is 18.0 Å². The van der Waals surface area contributed by atoms with Gasteiger partial charge >= 0.3 is 0 Å². The van der Waals surface area contributed by atoms with Gasteiger partial charge in [-0.05, 0) is 50.3 Å². The normalized spacial score (nSPS) is 17.8. The highest BCUT2D eigenvalue weighted by molar-refractivity contribution is 7.91. The van der Waals surface area contributed by atoms with E-state index in [1.807, 2.05) is 13.8 Å². The second kappa shape index (κ2) is 9.06. The molecule has 3 rings (SSSR count). The number of piperidine rings is 1. The maximum atomic E-state index is 12.9. The Balaban J connectivity index is 1.73. The molecule has 1 atom stereocenters. The monoisotopic (exact) mass is 435 g/mol. The summed E-state index contributed by atoms with van der Waals surface area (Å²) in [5, 5.41) is 7.36. The molecule has 1 aliphatic rings. The van der Waals surface area contributed by atoms with Gasteiger partial charge < -0.3 is 10.6 Å². The highest BCUT2D eigenvalue weighted by atomic mass is 32.2. The second-order valence-corrected chi connectivity index (χ2v) is 10.4. The number of anilines is 1. The molecule has 7 nitrogen and oxygen atoms in total. The van der Waals surface area contributed by atoms with E-state index in [-0.39, 0.29) is 28.6 Å². The third-order valence-electron chi connectivity index (χ3n) is 4.69. The smallest absolute Gasteiger partial charge is 0.253 e. The first-order chi connectivity index (χ1) is 13.8. The number of carbonyl (C=O) groups excluding carboxylic acids is 2. The third-order valence-corrected chi connectivity index (χ3v) is 7.93. The summed E-state index contributed by atoms with van der Waals surface area (Å²) in [5.41, 5.74) is 0.808. The van der Waals surface area contributed by atoms with Gasteiger partial charge in [-0.3, -0.25) is 9.59 Å². The summed E-state index contributed by atoms with van der Waals surface area (Å²) >= 11 is 1.17. The molecule has 0 spiro atoms. The summed E-state index contributed by atoms with van der Waals surface area (Å²) in [6, 6.07) is 10.1. The summed E-state index contributed by atoms with van der Waals surface area (Å²) in [6.45, 7) is 4.26. The van der Waals surface area contributed by atoms with Gasteiger partial charge in [-0.2, -0.15) is 4.31 Å². The first kappa shape index (κ1) is 21.5. The summed E-state index contributed by atoms with van der Waals surface area (Å²) in [4.78, 5) is 25.3. The number of benzene rings is 1. The van der Waals surface area contributed by atoms with Crippen molar-refractivity contribution in [1.29, 1.82) is 0 Å². The largest absolute Gasteiger partial charge is 0.350 e. The van der Waals surface area contributed by atoms with Gasteiger partial charge in [0.2, 0.25) is 5.91 Å². The van der Waals surface area contributed by atoms with Crippen LogP contribution in [0.25, 0.3) is 0 Å². The molecule has 1 fully saturated rings. The quantitative estimate of drug-likeness (QED) is 0.729. The fraction of sp³-hybridized carbons (Fsp3) is 0.400. The van der Waals surface area contributed by atoms with Crippen molar-refractivity contribution in [2.75, 3.05) is 18.4 Å². The highest BCUT2D eigenvalue weighted by Crippen LogP contribution is 2.27. The molecular weight excluding hydrogens is 410 g/mol. The number of carbonyl (C=O) groups is 2. The maximum Gasteiger partial charge on any atom is 0.253 e. The Hall–Kier alpha value is -2.23. The zero-order valence-electron chi connectivity index (χ0n) is 16.4. The minimum Gasteiger partial charge on any atom is -0.350 e. The molecule has 2 heterocycles. The lowest BCUT2D eigenvalue weighted by Crippen LogP contribution is -2.43. The molecule has 1 aromatic heterocycles. The van der Waals surface area contributed by atoms with Gasteiger partial charge in [0.1, 0.15) is 4.21 Å². The van der Waals surface area contributed by atoms with Gasteiger partial charge in [0.25, 0.3) is 15.9 Å². The summed E-state index contributed by atoms with van der Waals surface area (Å²) < 4.78 is 27.2. The van der Waals surface area contributed by atoms with Crippen LogP contribution in [0.5, 0.6) is 0 Å². The lowest BCUT2D eigenvalue weighted by molar-refractivity contribution is -0.120. The SMILES string of the molecule is CC(C)NC(=O)c1ccccc1NC(=O)[C@@H]1CCCN(S(=O)(=O)c2cccs2)C1. The van der Waals surface area contributed by atoms with Crippen LogP contribution >= 0.6 is 11.3 Å². The van der Waals surface area contributed by atoms with Gasteiger partial charge in [-0.25, -0.2) is 8.42 Å². The number of para-hydroxylation sites is 1. The fourth-order valence-electron chi connectivity index (χ4n) is 3.28. The van der Waals surface area contributed by atoms with Gasteiger partial charge in [-0.1, -0.05) is 18.2 Å². The van der Waals surface area contributed by atoms with Crippen molar-refractivity contribution in [3.63, 3.8) is 0 Å². The topological polar surface area (TPSA) is 95.6 Å². The molecule has 156 valence electrons. The van der Waals surface area contributed by atoms with Gasteiger partial charge in [0.15, 0.2) is 0 Å². The molecule has 2 aromatic rings. The molecule has 1 aromatic carbocycles. The number of thiophene rings is 1. The van der Waals surface area contributed by atoms with Crippen molar-refractivity contribution in [3.8, 4) is 0 Å². The average molecular weight is 436 g/mol. The van der Waals surface area contributed by atoms with Crippen molar-refractivity contribution >= 4 is 38.9 Å². The molecular formula is C20H25N3O4S2. The minimum atomic E-state index is -3.59. The van der Waals surface area contributed by atoms with E-state index in [0.717, 1.165) is 0 Å². The Morgan fingerprint density at radius 3 is 2.62 bits per heavy atom. The standard InChI is InChI=1S/C20H25N3O4S2/c1-14(2)21-20(25)16-8-3-4-9-17(16)22-19(24)15-7-5-11-23(13-15)29(26,27)18-10-6-12-28-18/h3-4,6,8-10,12,14-15H,5,7,11,13H2,1-2H3,(H,21,25)(H,22,24)/t15-/m1/s1. The Bertz CT molecular complexity index is 971. The molecule has 0 unspecified atom stereocenters. The Morgan fingerprint density at radius 1 is 1.17 bits per heavy atom. The molecule has 2 N–H and O–H groups in total. The van der Waals surface area contributed by atoms with E-state index in [1.54, 1.807) is 41.8 Å². The lowest BCUT2D eigenvalue weighted by atomic mass is 9.98. The van der Waals surface area contributed by atoms with E-state index in [4.69, 9.17) is 0 Å². The number of amides is 2.